The Morgan fingerprint density at radius 3 is 2.42 bits per heavy atom. The van der Waals surface area contributed by atoms with Crippen molar-refractivity contribution in [2.75, 3.05) is 5.32 Å². The highest BCUT2D eigenvalue weighted by Crippen LogP contribution is 2.33. The molecule has 1 N–H and O–H groups in total. The molecule has 4 rings (SSSR count). The standard InChI is InChI=1S/C27H27N3O/c1-19-13-14-24(26(29-19)20-9-6-5-7-10-20)31-23-15-16-28-25(18-23)30-22-12-8-11-21(17-22)27(2,3)4/h5-18H,1-4H3,(H,28,30). The number of aromatic nitrogens is 2. The van der Waals surface area contributed by atoms with Crippen LogP contribution in [0, 0.1) is 6.92 Å². The lowest BCUT2D eigenvalue weighted by atomic mass is 9.87. The zero-order chi connectivity index (χ0) is 21.8. The first-order chi connectivity index (χ1) is 14.9. The Kier molecular flexibility index (Phi) is 5.72. The summed E-state index contributed by atoms with van der Waals surface area (Å²) in [5.74, 6) is 2.14. The zero-order valence-electron chi connectivity index (χ0n) is 18.4. The second kappa shape index (κ2) is 8.60. The fourth-order valence-electron chi connectivity index (χ4n) is 3.31. The number of aryl methyl sites for hydroxylation is 1. The maximum atomic E-state index is 6.23. The molecule has 0 aliphatic carbocycles. The number of nitrogens with zero attached hydrogens (tertiary/aromatic N) is 2. The molecule has 0 aliphatic heterocycles. The van der Waals surface area contributed by atoms with Crippen molar-refractivity contribution in [2.24, 2.45) is 0 Å². The van der Waals surface area contributed by atoms with E-state index < -0.39 is 0 Å². The SMILES string of the molecule is Cc1ccc(Oc2ccnc(Nc3cccc(C(C)(C)C)c3)c2)c(-c2ccccc2)n1. The predicted octanol–water partition coefficient (Wildman–Crippen LogP) is 7.29. The number of anilines is 2. The molecule has 0 spiro atoms. The van der Waals surface area contributed by atoms with E-state index in [0.717, 1.165) is 28.5 Å². The molecule has 4 nitrogen and oxygen atoms in total. The third-order valence-electron chi connectivity index (χ3n) is 5.00. The number of nitrogens with one attached hydrogen (secondary N) is 1. The lowest BCUT2D eigenvalue weighted by Crippen LogP contribution is -2.11. The maximum Gasteiger partial charge on any atom is 0.153 e. The normalized spacial score (nSPS) is 11.2. The highest BCUT2D eigenvalue weighted by atomic mass is 16.5. The second-order valence-corrected chi connectivity index (χ2v) is 8.60. The zero-order valence-corrected chi connectivity index (χ0v) is 18.4. The van der Waals surface area contributed by atoms with E-state index in [1.54, 1.807) is 6.20 Å². The van der Waals surface area contributed by atoms with Gasteiger partial charge in [0.25, 0.3) is 0 Å². The molecule has 0 atom stereocenters. The molecular weight excluding hydrogens is 382 g/mol. The number of benzene rings is 2. The van der Waals surface area contributed by atoms with Gasteiger partial charge >= 0.3 is 0 Å². The number of ether oxygens (including phenoxy) is 1. The van der Waals surface area contributed by atoms with Gasteiger partial charge in [-0.1, -0.05) is 63.2 Å². The van der Waals surface area contributed by atoms with Crippen LogP contribution in [0.1, 0.15) is 32.0 Å². The van der Waals surface area contributed by atoms with Gasteiger partial charge in [-0.3, -0.25) is 0 Å². The molecule has 0 bridgehead atoms. The molecule has 0 unspecified atom stereocenters. The molecule has 156 valence electrons. The molecule has 0 saturated heterocycles. The summed E-state index contributed by atoms with van der Waals surface area (Å²) in [5, 5.41) is 3.39. The van der Waals surface area contributed by atoms with Crippen LogP contribution in [-0.4, -0.2) is 9.97 Å². The molecule has 0 radical (unpaired) electrons. The predicted molar refractivity (Wildman–Crippen MR) is 127 cm³/mol. The van der Waals surface area contributed by atoms with Gasteiger partial charge < -0.3 is 10.1 Å². The fourth-order valence-corrected chi connectivity index (χ4v) is 3.31. The highest BCUT2D eigenvalue weighted by molar-refractivity contribution is 5.67. The van der Waals surface area contributed by atoms with E-state index in [0.29, 0.717) is 11.5 Å². The average Bonchev–Trinajstić information content (AvgIpc) is 2.75. The summed E-state index contributed by atoms with van der Waals surface area (Å²) in [6.07, 6.45) is 1.75. The smallest absolute Gasteiger partial charge is 0.153 e. The summed E-state index contributed by atoms with van der Waals surface area (Å²) in [7, 11) is 0. The van der Waals surface area contributed by atoms with Gasteiger partial charge in [0, 0.05) is 29.2 Å². The average molecular weight is 410 g/mol. The lowest BCUT2D eigenvalue weighted by molar-refractivity contribution is 0.482. The Hall–Kier alpha value is -3.66. The largest absolute Gasteiger partial charge is 0.455 e. The van der Waals surface area contributed by atoms with Crippen molar-refractivity contribution in [3.8, 4) is 22.8 Å². The Bertz CT molecular complexity index is 1180. The van der Waals surface area contributed by atoms with Gasteiger partial charge in [0.15, 0.2) is 5.75 Å². The highest BCUT2D eigenvalue weighted by Gasteiger charge is 2.14. The molecule has 2 aromatic carbocycles. The summed E-state index contributed by atoms with van der Waals surface area (Å²) in [4.78, 5) is 9.16. The number of hydrogen-bond donors (Lipinski definition) is 1. The molecule has 2 heterocycles. The Labute approximate surface area is 184 Å². The lowest BCUT2D eigenvalue weighted by Gasteiger charge is -2.20. The van der Waals surface area contributed by atoms with Crippen LogP contribution in [-0.2, 0) is 5.41 Å². The van der Waals surface area contributed by atoms with Crippen LogP contribution in [0.15, 0.2) is 85.1 Å². The molecule has 31 heavy (non-hydrogen) atoms. The van der Waals surface area contributed by atoms with Gasteiger partial charge in [-0.25, -0.2) is 9.97 Å². The Morgan fingerprint density at radius 1 is 0.839 bits per heavy atom. The van der Waals surface area contributed by atoms with E-state index in [-0.39, 0.29) is 5.41 Å². The van der Waals surface area contributed by atoms with Gasteiger partial charge in [0.2, 0.25) is 0 Å². The van der Waals surface area contributed by atoms with Crippen LogP contribution in [0.5, 0.6) is 11.5 Å². The minimum atomic E-state index is 0.0857. The van der Waals surface area contributed by atoms with E-state index in [9.17, 15) is 0 Å². The summed E-state index contributed by atoms with van der Waals surface area (Å²) < 4.78 is 6.23. The van der Waals surface area contributed by atoms with Crippen LogP contribution >= 0.6 is 0 Å². The van der Waals surface area contributed by atoms with Gasteiger partial charge in [-0.05, 0) is 48.2 Å². The third-order valence-corrected chi connectivity index (χ3v) is 5.00. The second-order valence-electron chi connectivity index (χ2n) is 8.60. The quantitative estimate of drug-likeness (QED) is 0.376. The summed E-state index contributed by atoms with van der Waals surface area (Å²) >= 11 is 0. The first-order valence-corrected chi connectivity index (χ1v) is 10.4. The van der Waals surface area contributed by atoms with E-state index in [1.807, 2.05) is 67.6 Å². The summed E-state index contributed by atoms with van der Waals surface area (Å²) in [6, 6.07) is 26.2. The van der Waals surface area contributed by atoms with E-state index in [4.69, 9.17) is 9.72 Å². The number of rotatable bonds is 5. The van der Waals surface area contributed by atoms with Crippen molar-refractivity contribution in [3.63, 3.8) is 0 Å². The maximum absolute atomic E-state index is 6.23. The van der Waals surface area contributed by atoms with Gasteiger partial charge in [0.1, 0.15) is 17.3 Å². The molecular formula is C27H27N3O. The molecule has 0 saturated carbocycles. The van der Waals surface area contributed by atoms with Crippen LogP contribution in [0.4, 0.5) is 11.5 Å². The summed E-state index contributed by atoms with van der Waals surface area (Å²) in [6.45, 7) is 8.60. The molecule has 0 fully saturated rings. The van der Waals surface area contributed by atoms with Crippen molar-refractivity contribution >= 4 is 11.5 Å². The minimum Gasteiger partial charge on any atom is -0.455 e. The topological polar surface area (TPSA) is 47.0 Å². The first-order valence-electron chi connectivity index (χ1n) is 10.4. The van der Waals surface area contributed by atoms with Crippen LogP contribution in [0.2, 0.25) is 0 Å². The molecule has 4 aromatic rings. The van der Waals surface area contributed by atoms with Crippen molar-refractivity contribution in [1.29, 1.82) is 0 Å². The van der Waals surface area contributed by atoms with Gasteiger partial charge in [-0.2, -0.15) is 0 Å². The van der Waals surface area contributed by atoms with E-state index in [2.05, 4.69) is 49.3 Å². The Balaban J connectivity index is 1.59. The summed E-state index contributed by atoms with van der Waals surface area (Å²) in [5.41, 5.74) is 5.14. The monoisotopic (exact) mass is 409 g/mol. The third kappa shape index (κ3) is 5.10. The van der Waals surface area contributed by atoms with Gasteiger partial charge in [-0.15, -0.1) is 0 Å². The van der Waals surface area contributed by atoms with Crippen molar-refractivity contribution in [3.05, 3.63) is 96.3 Å². The first kappa shape index (κ1) is 20.6. The number of hydrogen-bond acceptors (Lipinski definition) is 4. The van der Waals surface area contributed by atoms with Crippen LogP contribution in [0.3, 0.4) is 0 Å². The molecule has 0 amide bonds. The van der Waals surface area contributed by atoms with Crippen LogP contribution in [0.25, 0.3) is 11.3 Å². The van der Waals surface area contributed by atoms with Gasteiger partial charge in [0.05, 0.1) is 0 Å². The van der Waals surface area contributed by atoms with Crippen molar-refractivity contribution < 1.29 is 4.74 Å². The van der Waals surface area contributed by atoms with Crippen molar-refractivity contribution in [1.82, 2.24) is 9.97 Å². The fraction of sp³-hybridized carbons (Fsp3) is 0.185. The van der Waals surface area contributed by atoms with E-state index in [1.165, 1.54) is 5.56 Å². The minimum absolute atomic E-state index is 0.0857. The molecule has 4 heteroatoms. The van der Waals surface area contributed by atoms with Crippen LogP contribution < -0.4 is 10.1 Å². The number of pyridine rings is 2. The Morgan fingerprint density at radius 2 is 1.65 bits per heavy atom. The van der Waals surface area contributed by atoms with Crippen molar-refractivity contribution in [2.45, 2.75) is 33.1 Å². The molecule has 2 aromatic heterocycles. The molecule has 0 aliphatic rings. The van der Waals surface area contributed by atoms with E-state index >= 15 is 0 Å².